The molecule has 3 rings (SSSR count). The zero-order valence-electron chi connectivity index (χ0n) is 13.8. The molecule has 1 amide bonds. The SMILES string of the molecule is O=C(O)C1CCN(C(=O)c2nnn(-c3cccc(F)c3)c2C(F)(F)F)CC1. The second-order valence-electron chi connectivity index (χ2n) is 6.08. The van der Waals surface area contributed by atoms with E-state index in [2.05, 4.69) is 10.3 Å². The van der Waals surface area contributed by atoms with Crippen LogP contribution < -0.4 is 0 Å². The van der Waals surface area contributed by atoms with Gasteiger partial charge in [-0.3, -0.25) is 9.59 Å². The van der Waals surface area contributed by atoms with Crippen molar-refractivity contribution in [2.24, 2.45) is 5.92 Å². The average molecular weight is 386 g/mol. The molecule has 0 aliphatic carbocycles. The maximum Gasteiger partial charge on any atom is 0.435 e. The molecule has 0 radical (unpaired) electrons. The summed E-state index contributed by atoms with van der Waals surface area (Å²) in [5.74, 6) is -3.40. The summed E-state index contributed by atoms with van der Waals surface area (Å²) in [7, 11) is 0. The van der Waals surface area contributed by atoms with Crippen LogP contribution in [0.1, 0.15) is 29.0 Å². The smallest absolute Gasteiger partial charge is 0.435 e. The Kier molecular flexibility index (Phi) is 4.85. The summed E-state index contributed by atoms with van der Waals surface area (Å²) in [5.41, 5.74) is -2.53. The lowest BCUT2D eigenvalue weighted by Crippen LogP contribution is -2.41. The number of rotatable bonds is 3. The van der Waals surface area contributed by atoms with E-state index in [9.17, 15) is 27.2 Å². The molecule has 1 fully saturated rings. The Morgan fingerprint density at radius 3 is 2.41 bits per heavy atom. The van der Waals surface area contributed by atoms with E-state index < -0.39 is 41.2 Å². The van der Waals surface area contributed by atoms with Gasteiger partial charge in [0.1, 0.15) is 5.82 Å². The van der Waals surface area contributed by atoms with E-state index in [-0.39, 0.29) is 31.6 Å². The summed E-state index contributed by atoms with van der Waals surface area (Å²) < 4.78 is 54.5. The number of likely N-dealkylation sites (tertiary alicyclic amines) is 1. The van der Waals surface area contributed by atoms with E-state index in [0.29, 0.717) is 4.68 Å². The van der Waals surface area contributed by atoms with Crippen molar-refractivity contribution in [1.29, 1.82) is 0 Å². The van der Waals surface area contributed by atoms with Gasteiger partial charge in [-0.15, -0.1) is 5.10 Å². The number of carboxylic acids is 1. The Hall–Kier alpha value is -2.98. The fourth-order valence-corrected chi connectivity index (χ4v) is 2.95. The third-order valence-electron chi connectivity index (χ3n) is 4.33. The van der Waals surface area contributed by atoms with E-state index in [4.69, 9.17) is 5.11 Å². The number of aromatic nitrogens is 3. The van der Waals surface area contributed by atoms with Crippen LogP contribution in [-0.2, 0) is 11.0 Å². The van der Waals surface area contributed by atoms with Crippen molar-refractivity contribution in [2.45, 2.75) is 19.0 Å². The number of benzene rings is 1. The van der Waals surface area contributed by atoms with Crippen LogP contribution in [0, 0.1) is 11.7 Å². The second kappa shape index (κ2) is 6.97. The van der Waals surface area contributed by atoms with Crippen LogP contribution in [0.2, 0.25) is 0 Å². The summed E-state index contributed by atoms with van der Waals surface area (Å²) in [4.78, 5) is 24.6. The first-order valence-corrected chi connectivity index (χ1v) is 7.99. The molecule has 7 nitrogen and oxygen atoms in total. The van der Waals surface area contributed by atoms with Crippen LogP contribution in [0.4, 0.5) is 17.6 Å². The zero-order chi connectivity index (χ0) is 19.8. The molecule has 1 saturated heterocycles. The van der Waals surface area contributed by atoms with E-state index in [1.165, 1.54) is 12.1 Å². The number of nitrogens with zero attached hydrogens (tertiary/aromatic N) is 4. The summed E-state index contributed by atoms with van der Waals surface area (Å²) in [5, 5.41) is 15.7. The van der Waals surface area contributed by atoms with Crippen molar-refractivity contribution >= 4 is 11.9 Å². The van der Waals surface area contributed by atoms with Gasteiger partial charge in [-0.2, -0.15) is 13.2 Å². The molecule has 1 aromatic heterocycles. The van der Waals surface area contributed by atoms with Crippen molar-refractivity contribution in [3.8, 4) is 5.69 Å². The van der Waals surface area contributed by atoms with Gasteiger partial charge in [-0.05, 0) is 31.0 Å². The molecular formula is C16H14F4N4O3. The first kappa shape index (κ1) is 18.8. The van der Waals surface area contributed by atoms with Gasteiger partial charge in [-0.25, -0.2) is 9.07 Å². The van der Waals surface area contributed by atoms with Gasteiger partial charge in [0.25, 0.3) is 5.91 Å². The lowest BCUT2D eigenvalue weighted by Gasteiger charge is -2.29. The topological polar surface area (TPSA) is 88.3 Å². The van der Waals surface area contributed by atoms with Gasteiger partial charge in [-0.1, -0.05) is 11.3 Å². The number of carbonyl (C=O) groups excluding carboxylic acids is 1. The molecule has 2 aromatic rings. The molecule has 0 spiro atoms. The first-order chi connectivity index (χ1) is 12.7. The maximum atomic E-state index is 13.6. The van der Waals surface area contributed by atoms with Crippen LogP contribution in [0.5, 0.6) is 0 Å². The van der Waals surface area contributed by atoms with E-state index >= 15 is 0 Å². The molecule has 144 valence electrons. The second-order valence-corrected chi connectivity index (χ2v) is 6.08. The van der Waals surface area contributed by atoms with Crippen LogP contribution in [0.15, 0.2) is 24.3 Å². The Morgan fingerprint density at radius 1 is 1.19 bits per heavy atom. The number of hydrogen-bond acceptors (Lipinski definition) is 4. The number of halogens is 4. The standard InChI is InChI=1S/C16H14F4N4O3/c17-10-2-1-3-11(8-10)24-13(16(18,19)20)12(21-22-24)14(25)23-6-4-9(5-7-23)15(26)27/h1-3,8-9H,4-7H2,(H,26,27). The quantitative estimate of drug-likeness (QED) is 0.819. The van der Waals surface area contributed by atoms with Gasteiger partial charge in [0.05, 0.1) is 11.6 Å². The van der Waals surface area contributed by atoms with Crippen molar-refractivity contribution in [3.63, 3.8) is 0 Å². The lowest BCUT2D eigenvalue weighted by atomic mass is 9.97. The van der Waals surface area contributed by atoms with Crippen molar-refractivity contribution < 1.29 is 32.3 Å². The van der Waals surface area contributed by atoms with Crippen LogP contribution in [-0.4, -0.2) is 50.0 Å². The monoisotopic (exact) mass is 386 g/mol. The minimum atomic E-state index is -4.96. The predicted molar refractivity (Wildman–Crippen MR) is 82.6 cm³/mol. The zero-order valence-corrected chi connectivity index (χ0v) is 13.8. The summed E-state index contributed by atoms with van der Waals surface area (Å²) in [6.07, 6.45) is -4.68. The van der Waals surface area contributed by atoms with E-state index in [0.717, 1.165) is 17.0 Å². The third kappa shape index (κ3) is 3.76. The summed E-state index contributed by atoms with van der Waals surface area (Å²) >= 11 is 0. The Morgan fingerprint density at radius 2 is 1.85 bits per heavy atom. The molecule has 2 heterocycles. The largest absolute Gasteiger partial charge is 0.481 e. The fourth-order valence-electron chi connectivity index (χ4n) is 2.95. The molecule has 0 unspecified atom stereocenters. The van der Waals surface area contributed by atoms with Crippen molar-refractivity contribution in [1.82, 2.24) is 19.9 Å². The molecule has 1 aromatic carbocycles. The number of hydrogen-bond donors (Lipinski definition) is 1. The molecule has 11 heteroatoms. The van der Waals surface area contributed by atoms with Gasteiger partial charge in [0.2, 0.25) is 0 Å². The molecule has 0 bridgehead atoms. The number of aliphatic carboxylic acids is 1. The maximum absolute atomic E-state index is 13.6. The van der Waals surface area contributed by atoms with Crippen molar-refractivity contribution in [2.75, 3.05) is 13.1 Å². The number of piperidine rings is 1. The number of carboxylic acid groups (broad SMARTS) is 1. The van der Waals surface area contributed by atoms with E-state index in [1.54, 1.807) is 0 Å². The molecule has 0 atom stereocenters. The van der Waals surface area contributed by atoms with Crippen molar-refractivity contribution in [3.05, 3.63) is 41.5 Å². The van der Waals surface area contributed by atoms with Gasteiger partial charge in [0.15, 0.2) is 11.4 Å². The third-order valence-corrected chi connectivity index (χ3v) is 4.33. The highest BCUT2D eigenvalue weighted by molar-refractivity contribution is 5.93. The first-order valence-electron chi connectivity index (χ1n) is 7.99. The Labute approximate surface area is 150 Å². The number of amides is 1. The molecular weight excluding hydrogens is 372 g/mol. The fraction of sp³-hybridized carbons (Fsp3) is 0.375. The highest BCUT2D eigenvalue weighted by Crippen LogP contribution is 2.33. The van der Waals surface area contributed by atoms with Gasteiger partial charge < -0.3 is 10.0 Å². The lowest BCUT2D eigenvalue weighted by molar-refractivity contribution is -0.143. The van der Waals surface area contributed by atoms with Gasteiger partial charge in [0, 0.05) is 13.1 Å². The predicted octanol–water partition coefficient (Wildman–Crippen LogP) is 2.36. The minimum Gasteiger partial charge on any atom is -0.481 e. The highest BCUT2D eigenvalue weighted by atomic mass is 19.4. The molecule has 1 aliphatic rings. The minimum absolute atomic E-state index is 0.0000771. The molecule has 0 saturated carbocycles. The summed E-state index contributed by atoms with van der Waals surface area (Å²) in [6, 6.07) is 4.33. The van der Waals surface area contributed by atoms with Crippen LogP contribution in [0.3, 0.4) is 0 Å². The molecule has 1 N–H and O–H groups in total. The summed E-state index contributed by atoms with van der Waals surface area (Å²) in [6.45, 7) is -0.000154. The highest BCUT2D eigenvalue weighted by Gasteiger charge is 2.43. The Balaban J connectivity index is 1.94. The van der Waals surface area contributed by atoms with Crippen LogP contribution >= 0.6 is 0 Å². The van der Waals surface area contributed by atoms with Gasteiger partial charge >= 0.3 is 12.1 Å². The molecule has 27 heavy (non-hydrogen) atoms. The Bertz CT molecular complexity index is 873. The average Bonchev–Trinajstić information content (AvgIpc) is 3.06. The van der Waals surface area contributed by atoms with E-state index in [1.807, 2.05) is 0 Å². The normalized spacial score (nSPS) is 15.8. The molecule has 1 aliphatic heterocycles. The number of carbonyl (C=O) groups is 2. The van der Waals surface area contributed by atoms with Crippen LogP contribution in [0.25, 0.3) is 5.69 Å². The number of alkyl halides is 3.